The van der Waals surface area contributed by atoms with Crippen molar-refractivity contribution in [3.8, 4) is 11.5 Å². The third-order valence-corrected chi connectivity index (χ3v) is 7.01. The fourth-order valence-corrected chi connectivity index (χ4v) is 4.05. The lowest BCUT2D eigenvalue weighted by molar-refractivity contribution is -0.141. The summed E-state index contributed by atoms with van der Waals surface area (Å²) in [5.74, 6) is -0.321. The molecule has 0 aliphatic heterocycles. The smallest absolute Gasteiger partial charge is 0.433 e. The number of ether oxygens (including phenoxy) is 1. The van der Waals surface area contributed by atoms with Gasteiger partial charge >= 0.3 is 6.18 Å². The molecule has 1 atom stereocenters. The highest BCUT2D eigenvalue weighted by molar-refractivity contribution is 8.44. The molecule has 0 radical (unpaired) electrons. The van der Waals surface area contributed by atoms with Crippen molar-refractivity contribution in [1.29, 1.82) is 0 Å². The molecule has 0 fully saturated rings. The number of anilines is 1. The van der Waals surface area contributed by atoms with Crippen molar-refractivity contribution in [3.63, 3.8) is 0 Å². The Morgan fingerprint density at radius 1 is 1.06 bits per heavy atom. The molecule has 3 aromatic rings. The standard InChI is InChI=1S/C23H25F3N3O3PS/c1-22(2,3)14-5-7-18(21(30)29-15-10-17(13-27-11-15)34(4,31)33)19(9-14)32-16-6-8-20(28-12-16)23(24,25)26/h5-13,34H,33H2,1-4H3,(H,29,30). The second kappa shape index (κ2) is 9.43. The molecule has 1 amide bonds. The fourth-order valence-electron chi connectivity index (χ4n) is 2.93. The maximum absolute atomic E-state index is 13.1. The number of hydrogen-bond donors (Lipinski definition) is 2. The fraction of sp³-hybridized carbons (Fsp3) is 0.261. The quantitative estimate of drug-likeness (QED) is 0.343. The molecule has 1 unspecified atom stereocenters. The van der Waals surface area contributed by atoms with E-state index < -0.39 is 27.3 Å². The predicted octanol–water partition coefficient (Wildman–Crippen LogP) is 5.63. The van der Waals surface area contributed by atoms with Crippen molar-refractivity contribution in [2.75, 3.05) is 11.6 Å². The minimum absolute atomic E-state index is 0.0479. The number of amides is 1. The van der Waals surface area contributed by atoms with Crippen LogP contribution in [0.4, 0.5) is 18.9 Å². The lowest BCUT2D eigenvalue weighted by Gasteiger charge is -2.21. The molecule has 34 heavy (non-hydrogen) atoms. The van der Waals surface area contributed by atoms with Crippen molar-refractivity contribution in [2.45, 2.75) is 37.3 Å². The van der Waals surface area contributed by atoms with E-state index in [1.54, 1.807) is 30.5 Å². The first-order valence-electron chi connectivity index (χ1n) is 10.1. The van der Waals surface area contributed by atoms with E-state index in [1.807, 2.05) is 20.8 Å². The van der Waals surface area contributed by atoms with Gasteiger partial charge in [0.1, 0.15) is 17.2 Å². The highest BCUT2D eigenvalue weighted by Gasteiger charge is 2.32. The van der Waals surface area contributed by atoms with Gasteiger partial charge in [-0.1, -0.05) is 44.8 Å². The van der Waals surface area contributed by atoms with Crippen LogP contribution in [0.5, 0.6) is 11.5 Å². The largest absolute Gasteiger partial charge is 0.455 e. The van der Waals surface area contributed by atoms with Crippen LogP contribution in [0.25, 0.3) is 0 Å². The van der Waals surface area contributed by atoms with Crippen LogP contribution in [0.15, 0.2) is 59.9 Å². The Kier molecular flexibility index (Phi) is 7.15. The Hall–Kier alpha value is -2.84. The molecule has 0 saturated carbocycles. The van der Waals surface area contributed by atoms with Gasteiger partial charge in [-0.2, -0.15) is 13.2 Å². The van der Waals surface area contributed by atoms with Crippen LogP contribution in [-0.2, 0) is 21.1 Å². The van der Waals surface area contributed by atoms with Crippen LogP contribution in [0.2, 0.25) is 0 Å². The Morgan fingerprint density at radius 2 is 1.76 bits per heavy atom. The molecule has 2 heterocycles. The first-order valence-corrected chi connectivity index (χ1v) is 13.9. The molecule has 0 bridgehead atoms. The van der Waals surface area contributed by atoms with Crippen molar-refractivity contribution in [3.05, 3.63) is 71.8 Å². The second-order valence-corrected chi connectivity index (χ2v) is 14.3. The Morgan fingerprint density at radius 3 is 2.32 bits per heavy atom. The van der Waals surface area contributed by atoms with Crippen molar-refractivity contribution < 1.29 is 26.9 Å². The molecule has 0 aliphatic rings. The normalized spacial score (nSPS) is 12.8. The van der Waals surface area contributed by atoms with Gasteiger partial charge in [-0.3, -0.25) is 14.0 Å². The monoisotopic (exact) mass is 511 g/mol. The number of pyridine rings is 2. The zero-order chi connectivity index (χ0) is 25.3. The van der Waals surface area contributed by atoms with Crippen molar-refractivity contribution in [1.82, 2.24) is 9.97 Å². The van der Waals surface area contributed by atoms with Gasteiger partial charge < -0.3 is 10.1 Å². The van der Waals surface area contributed by atoms with Crippen LogP contribution in [0.3, 0.4) is 0 Å². The maximum atomic E-state index is 13.1. The van der Waals surface area contributed by atoms with E-state index in [2.05, 4.69) is 23.7 Å². The van der Waals surface area contributed by atoms with E-state index in [1.165, 1.54) is 12.4 Å². The lowest BCUT2D eigenvalue weighted by Crippen LogP contribution is -2.16. The summed E-state index contributed by atoms with van der Waals surface area (Å²) < 4.78 is 56.6. The van der Waals surface area contributed by atoms with Gasteiger partial charge in [-0.25, -0.2) is 4.98 Å². The van der Waals surface area contributed by atoms with Crippen LogP contribution in [0, 0.1) is 0 Å². The van der Waals surface area contributed by atoms with E-state index >= 15 is 0 Å². The summed E-state index contributed by atoms with van der Waals surface area (Å²) in [4.78, 5) is 21.0. The number of alkyl halides is 3. The molecule has 2 aromatic heterocycles. The average Bonchev–Trinajstić information content (AvgIpc) is 2.72. The van der Waals surface area contributed by atoms with Gasteiger partial charge in [-0.05, 0) is 47.6 Å². The Balaban J connectivity index is 1.95. The second-order valence-electron chi connectivity index (χ2n) is 8.82. The number of hydrogen-bond acceptors (Lipinski definition) is 5. The first kappa shape index (κ1) is 25.8. The van der Waals surface area contributed by atoms with Crippen LogP contribution in [0.1, 0.15) is 42.4 Å². The lowest BCUT2D eigenvalue weighted by atomic mass is 9.86. The molecule has 1 N–H and O–H groups in total. The average molecular weight is 512 g/mol. The number of aromatic nitrogens is 2. The van der Waals surface area contributed by atoms with E-state index in [-0.39, 0.29) is 22.5 Å². The maximum Gasteiger partial charge on any atom is 0.433 e. The number of carbonyl (C=O) groups excluding carboxylic acids is 1. The van der Waals surface area contributed by atoms with E-state index in [9.17, 15) is 22.2 Å². The van der Waals surface area contributed by atoms with Gasteiger partial charge in [0.15, 0.2) is 0 Å². The summed E-state index contributed by atoms with van der Waals surface area (Å²) in [6, 6.07) is 8.56. The van der Waals surface area contributed by atoms with Crippen molar-refractivity contribution in [2.24, 2.45) is 0 Å². The van der Waals surface area contributed by atoms with Gasteiger partial charge in [0.25, 0.3) is 5.91 Å². The molecular weight excluding hydrogens is 486 g/mol. The van der Waals surface area contributed by atoms with Gasteiger partial charge in [-0.15, -0.1) is 0 Å². The van der Waals surface area contributed by atoms with Gasteiger partial charge in [0.2, 0.25) is 0 Å². The van der Waals surface area contributed by atoms with Crippen LogP contribution in [-0.4, -0.2) is 26.3 Å². The zero-order valence-electron chi connectivity index (χ0n) is 19.0. The van der Waals surface area contributed by atoms with E-state index in [0.717, 1.165) is 23.9 Å². The highest BCUT2D eigenvalue weighted by Crippen LogP contribution is 2.34. The molecule has 182 valence electrons. The molecule has 6 nitrogen and oxygen atoms in total. The number of rotatable bonds is 5. The first-order chi connectivity index (χ1) is 15.6. The molecule has 0 spiro atoms. The molecular formula is C23H25F3N3O3PS. The Bertz CT molecular complexity index is 1250. The van der Waals surface area contributed by atoms with E-state index in [0.29, 0.717) is 10.6 Å². The summed E-state index contributed by atoms with van der Waals surface area (Å²) in [5.41, 5.74) is 0.0385. The molecule has 3 rings (SSSR count). The summed E-state index contributed by atoms with van der Waals surface area (Å²) >= 11 is 0. The van der Waals surface area contributed by atoms with Gasteiger partial charge in [0.05, 0.1) is 23.6 Å². The molecule has 1 aromatic carbocycles. The Labute approximate surface area is 198 Å². The van der Waals surface area contributed by atoms with E-state index in [4.69, 9.17) is 4.74 Å². The summed E-state index contributed by atoms with van der Waals surface area (Å²) in [6.07, 6.45) is 0.839. The molecule has 11 heteroatoms. The number of nitrogens with one attached hydrogen (secondary N) is 1. The van der Waals surface area contributed by atoms with Crippen LogP contribution >= 0.6 is 8.44 Å². The van der Waals surface area contributed by atoms with Crippen molar-refractivity contribution >= 4 is 29.6 Å². The molecule has 0 aliphatic carbocycles. The summed E-state index contributed by atoms with van der Waals surface area (Å²) in [5, 5.41) is 2.71. The summed E-state index contributed by atoms with van der Waals surface area (Å²) in [6.45, 7) is 5.94. The molecule has 0 saturated heterocycles. The predicted molar refractivity (Wildman–Crippen MR) is 130 cm³/mol. The number of halogens is 3. The van der Waals surface area contributed by atoms with Gasteiger partial charge in [0, 0.05) is 11.1 Å². The third kappa shape index (κ3) is 6.39. The van der Waals surface area contributed by atoms with Crippen LogP contribution < -0.4 is 10.1 Å². The number of nitrogens with zero attached hydrogens (tertiary/aromatic N) is 2. The summed E-state index contributed by atoms with van der Waals surface area (Å²) in [7, 11) is -0.384. The number of benzene rings is 1. The third-order valence-electron chi connectivity index (χ3n) is 4.84. The minimum Gasteiger partial charge on any atom is -0.455 e. The number of thiol groups is 1. The zero-order valence-corrected chi connectivity index (χ0v) is 21.0. The number of carbonyl (C=O) groups is 1. The minimum atomic E-state index is -4.57. The SMILES string of the molecule is CC(C)(C)c1ccc(C(=O)Nc2cncc([SH](C)(=O)P)c2)c(Oc2ccc(C(F)(F)F)nc2)c1. The highest BCUT2D eigenvalue weighted by atomic mass is 32.8. The topological polar surface area (TPSA) is 81.2 Å².